The average molecular weight is 547 g/mol. The van der Waals surface area contributed by atoms with Crippen LogP contribution in [0, 0.1) is 28.6 Å². The summed E-state index contributed by atoms with van der Waals surface area (Å²) >= 11 is 1.24. The van der Waals surface area contributed by atoms with Gasteiger partial charge in [-0.25, -0.2) is 9.59 Å². The van der Waals surface area contributed by atoms with Crippen LogP contribution in [-0.4, -0.2) is 33.8 Å². The smallest absolute Gasteiger partial charge is 0.327 e. The average Bonchev–Trinajstić information content (AvgIpc) is 3.65. The molecule has 0 radical (unpaired) electrons. The number of likely N-dealkylation sites (tertiary alicyclic amines) is 1. The molecule has 2 heterocycles. The zero-order chi connectivity index (χ0) is 28.2. The van der Waals surface area contributed by atoms with Gasteiger partial charge in [-0.05, 0) is 59.0 Å². The predicted molar refractivity (Wildman–Crippen MR) is 149 cm³/mol. The summed E-state index contributed by atoms with van der Waals surface area (Å²) in [5, 5.41) is 33.8. The number of nitrogens with zero attached hydrogens (tertiary/aromatic N) is 3. The Kier molecular flexibility index (Phi) is 7.41. The van der Waals surface area contributed by atoms with E-state index in [1.165, 1.54) is 16.2 Å². The molecule has 8 nitrogen and oxygen atoms in total. The summed E-state index contributed by atoms with van der Waals surface area (Å²) in [5.74, 6) is -3.46. The SMILES string of the molecule is N#Cc1ccc(C2C(C(=O)c3cccs3)C(c3ccc(C#N)cc3)N(C(=O)Nc3ccccc3)C2C(=O)O)cc1. The van der Waals surface area contributed by atoms with Crippen LogP contribution >= 0.6 is 11.3 Å². The maximum Gasteiger partial charge on any atom is 0.327 e. The zero-order valence-corrected chi connectivity index (χ0v) is 21.8. The van der Waals surface area contributed by atoms with E-state index in [1.807, 2.05) is 0 Å². The van der Waals surface area contributed by atoms with Crippen molar-refractivity contribution in [3.05, 3.63) is 124 Å². The molecule has 1 aliphatic heterocycles. The Morgan fingerprint density at radius 2 is 1.40 bits per heavy atom. The topological polar surface area (TPSA) is 134 Å². The van der Waals surface area contributed by atoms with Crippen molar-refractivity contribution in [1.82, 2.24) is 4.90 Å². The molecule has 5 rings (SSSR count). The first-order chi connectivity index (χ1) is 19.4. The van der Waals surface area contributed by atoms with Crippen LogP contribution in [0.4, 0.5) is 10.5 Å². The molecular formula is C31H22N4O4S. The molecule has 4 aromatic rings. The van der Waals surface area contributed by atoms with Gasteiger partial charge >= 0.3 is 12.0 Å². The third-order valence-electron chi connectivity index (χ3n) is 7.05. The van der Waals surface area contributed by atoms with Crippen molar-refractivity contribution in [2.75, 3.05) is 5.32 Å². The quantitative estimate of drug-likeness (QED) is 0.293. The van der Waals surface area contributed by atoms with Gasteiger partial charge in [-0.15, -0.1) is 11.3 Å². The maximum atomic E-state index is 14.2. The molecule has 1 fully saturated rings. The molecule has 9 heteroatoms. The van der Waals surface area contributed by atoms with Crippen molar-refractivity contribution in [1.29, 1.82) is 10.5 Å². The number of urea groups is 1. The van der Waals surface area contributed by atoms with E-state index in [9.17, 15) is 30.0 Å². The van der Waals surface area contributed by atoms with Crippen LogP contribution in [-0.2, 0) is 4.79 Å². The minimum absolute atomic E-state index is 0.292. The third-order valence-corrected chi connectivity index (χ3v) is 7.94. The molecule has 0 spiro atoms. The number of nitriles is 2. The fourth-order valence-corrected chi connectivity index (χ4v) is 6.04. The number of benzene rings is 3. The number of amides is 2. The van der Waals surface area contributed by atoms with Gasteiger partial charge in [-0.2, -0.15) is 10.5 Å². The molecule has 0 saturated carbocycles. The van der Waals surface area contributed by atoms with Gasteiger partial charge in [0, 0.05) is 11.6 Å². The molecule has 40 heavy (non-hydrogen) atoms. The van der Waals surface area contributed by atoms with Crippen LogP contribution in [0.5, 0.6) is 0 Å². The largest absolute Gasteiger partial charge is 0.480 e. The van der Waals surface area contributed by atoms with Gasteiger partial charge < -0.3 is 15.3 Å². The third kappa shape index (κ3) is 4.94. The Bertz CT molecular complexity index is 1620. The lowest BCUT2D eigenvalue weighted by Crippen LogP contribution is -2.45. The number of para-hydroxylation sites is 1. The number of carboxylic acid groups (broad SMARTS) is 1. The molecule has 1 aromatic heterocycles. The first kappa shape index (κ1) is 26.4. The predicted octanol–water partition coefficient (Wildman–Crippen LogP) is 5.82. The molecule has 196 valence electrons. The molecule has 0 aliphatic carbocycles. The minimum Gasteiger partial charge on any atom is -0.480 e. The fraction of sp³-hybridized carbons (Fsp3) is 0.129. The minimum atomic E-state index is -1.41. The van der Waals surface area contributed by atoms with Crippen molar-refractivity contribution in [3.8, 4) is 12.1 Å². The Labute approximate surface area is 234 Å². The van der Waals surface area contributed by atoms with Crippen LogP contribution in [0.2, 0.25) is 0 Å². The summed E-state index contributed by atoms with van der Waals surface area (Å²) in [6, 6.07) is 26.1. The van der Waals surface area contributed by atoms with E-state index in [0.717, 1.165) is 0 Å². The number of carbonyl (C=O) groups is 3. The van der Waals surface area contributed by atoms with Crippen LogP contribution in [0.15, 0.2) is 96.4 Å². The number of Topliss-reactive ketones (excluding diaryl/α,β-unsaturated/α-hetero) is 1. The normalized spacial score (nSPS) is 19.8. The highest BCUT2D eigenvalue weighted by molar-refractivity contribution is 7.12. The Hall–Kier alpha value is -5.25. The number of aliphatic carboxylic acids is 1. The van der Waals surface area contributed by atoms with Gasteiger partial charge in [0.25, 0.3) is 0 Å². The first-order valence-electron chi connectivity index (χ1n) is 12.4. The molecule has 4 unspecified atom stereocenters. The van der Waals surface area contributed by atoms with Crippen LogP contribution in [0.25, 0.3) is 0 Å². The lowest BCUT2D eigenvalue weighted by molar-refractivity contribution is -0.142. The first-order valence-corrected chi connectivity index (χ1v) is 13.3. The summed E-state index contributed by atoms with van der Waals surface area (Å²) in [7, 11) is 0. The monoisotopic (exact) mass is 546 g/mol. The van der Waals surface area contributed by atoms with Crippen molar-refractivity contribution in [2.24, 2.45) is 5.92 Å². The van der Waals surface area contributed by atoms with E-state index in [1.54, 1.807) is 96.4 Å². The highest BCUT2D eigenvalue weighted by Crippen LogP contribution is 2.51. The van der Waals surface area contributed by atoms with E-state index in [0.29, 0.717) is 32.8 Å². The van der Waals surface area contributed by atoms with E-state index >= 15 is 0 Å². The highest BCUT2D eigenvalue weighted by atomic mass is 32.1. The number of nitrogens with one attached hydrogen (secondary N) is 1. The summed E-state index contributed by atoms with van der Waals surface area (Å²) < 4.78 is 0. The molecule has 3 aromatic carbocycles. The van der Waals surface area contributed by atoms with Gasteiger partial charge in [0.2, 0.25) is 0 Å². The second-order valence-electron chi connectivity index (χ2n) is 9.29. The van der Waals surface area contributed by atoms with Gasteiger partial charge in [0.15, 0.2) is 5.78 Å². The van der Waals surface area contributed by atoms with E-state index in [4.69, 9.17) is 0 Å². The van der Waals surface area contributed by atoms with Crippen molar-refractivity contribution >= 4 is 34.8 Å². The number of rotatable bonds is 6. The molecule has 4 atom stereocenters. The number of ketones is 1. The number of thiophene rings is 1. The van der Waals surface area contributed by atoms with Crippen molar-refractivity contribution < 1.29 is 19.5 Å². The van der Waals surface area contributed by atoms with Crippen LogP contribution < -0.4 is 5.32 Å². The van der Waals surface area contributed by atoms with E-state index < -0.39 is 35.9 Å². The van der Waals surface area contributed by atoms with Gasteiger partial charge in [0.1, 0.15) is 6.04 Å². The number of hydrogen-bond donors (Lipinski definition) is 2. The number of carbonyl (C=O) groups excluding carboxylic acids is 2. The van der Waals surface area contributed by atoms with Gasteiger partial charge in [-0.1, -0.05) is 48.5 Å². The Morgan fingerprint density at radius 1 is 0.800 bits per heavy atom. The summed E-state index contributed by atoms with van der Waals surface area (Å²) in [5.41, 5.74) is 2.30. The molecule has 1 aliphatic rings. The zero-order valence-electron chi connectivity index (χ0n) is 21.0. The lowest BCUT2D eigenvalue weighted by Gasteiger charge is -2.30. The molecule has 2 amide bonds. The van der Waals surface area contributed by atoms with E-state index in [2.05, 4.69) is 17.5 Å². The maximum absolute atomic E-state index is 14.2. The number of carboxylic acids is 1. The second kappa shape index (κ2) is 11.2. The number of hydrogen-bond acceptors (Lipinski definition) is 6. The Balaban J connectivity index is 1.72. The number of anilines is 1. The molecular weight excluding hydrogens is 524 g/mol. The van der Waals surface area contributed by atoms with E-state index in [-0.39, 0.29) is 5.78 Å². The summed E-state index contributed by atoms with van der Waals surface area (Å²) in [6.45, 7) is 0. The van der Waals surface area contributed by atoms with Crippen molar-refractivity contribution in [3.63, 3.8) is 0 Å². The Morgan fingerprint density at radius 3 is 1.93 bits per heavy atom. The standard InChI is InChI=1S/C31H22N4O4S/c32-17-19-8-12-21(13-9-19)25-26(29(36)24-7-4-16-40-24)27(22-14-10-20(18-33)11-15-22)35(28(25)30(37)38)31(39)34-23-5-2-1-3-6-23/h1-16,25-28H,(H,34,39)(H,37,38). The molecule has 2 N–H and O–H groups in total. The van der Waals surface area contributed by atoms with Crippen LogP contribution in [0.3, 0.4) is 0 Å². The molecule has 1 saturated heterocycles. The van der Waals surface area contributed by atoms with Crippen LogP contribution in [0.1, 0.15) is 43.9 Å². The highest BCUT2D eigenvalue weighted by Gasteiger charge is 2.57. The molecule has 0 bridgehead atoms. The van der Waals surface area contributed by atoms with Gasteiger partial charge in [0.05, 0.1) is 40.1 Å². The summed E-state index contributed by atoms with van der Waals surface area (Å²) in [6.07, 6.45) is 0. The fourth-order valence-electron chi connectivity index (χ4n) is 5.33. The van der Waals surface area contributed by atoms with Crippen molar-refractivity contribution in [2.45, 2.75) is 18.0 Å². The lowest BCUT2D eigenvalue weighted by atomic mass is 9.77. The van der Waals surface area contributed by atoms with Gasteiger partial charge in [-0.3, -0.25) is 4.79 Å². The summed E-state index contributed by atoms with van der Waals surface area (Å²) in [4.78, 5) is 42.7. The second-order valence-corrected chi connectivity index (χ2v) is 10.2.